The van der Waals surface area contributed by atoms with E-state index in [0.717, 1.165) is 37.7 Å². The summed E-state index contributed by atoms with van der Waals surface area (Å²) in [6, 6.07) is 19.7. The number of amides is 1. The Bertz CT molecular complexity index is 1080. The molecule has 2 aromatic carbocycles. The molecule has 1 amide bonds. The molecule has 0 bridgehead atoms. The standard InChI is InChI=1S/C27H30FN3O2/c1-31(2)27(19-20-8-6-9-21(28)18-20)15-13-22(14-16-27)30-25(32)24-12-7-17-29-26(24)33-23-10-4-3-5-11-23/h3-12,17-18,22H,13-16,19H2,1-2H3,(H,30,32). The zero-order valence-corrected chi connectivity index (χ0v) is 19.1. The smallest absolute Gasteiger partial charge is 0.257 e. The van der Waals surface area contributed by atoms with Crippen molar-refractivity contribution in [1.82, 2.24) is 15.2 Å². The number of rotatable bonds is 7. The minimum atomic E-state index is -0.202. The van der Waals surface area contributed by atoms with Crippen molar-refractivity contribution < 1.29 is 13.9 Å². The minimum Gasteiger partial charge on any atom is -0.438 e. The summed E-state index contributed by atoms with van der Waals surface area (Å²) in [5.41, 5.74) is 1.38. The molecule has 6 heteroatoms. The van der Waals surface area contributed by atoms with Crippen molar-refractivity contribution in [2.24, 2.45) is 0 Å². The fraction of sp³-hybridized carbons (Fsp3) is 0.333. The van der Waals surface area contributed by atoms with Gasteiger partial charge in [0.1, 0.15) is 17.1 Å². The number of aromatic nitrogens is 1. The summed E-state index contributed by atoms with van der Waals surface area (Å²) in [5, 5.41) is 3.17. The molecule has 172 valence electrons. The highest BCUT2D eigenvalue weighted by molar-refractivity contribution is 5.96. The van der Waals surface area contributed by atoms with E-state index in [1.807, 2.05) is 36.4 Å². The van der Waals surface area contributed by atoms with E-state index < -0.39 is 0 Å². The minimum absolute atomic E-state index is 0.0507. The molecule has 0 atom stereocenters. The van der Waals surface area contributed by atoms with Crippen LogP contribution in [0.25, 0.3) is 0 Å². The lowest BCUT2D eigenvalue weighted by Gasteiger charge is -2.45. The third-order valence-electron chi connectivity index (χ3n) is 6.60. The predicted octanol–water partition coefficient (Wildman–Crippen LogP) is 5.23. The first-order valence-corrected chi connectivity index (χ1v) is 11.4. The molecule has 3 aromatic rings. The summed E-state index contributed by atoms with van der Waals surface area (Å²) in [7, 11) is 4.17. The van der Waals surface area contributed by atoms with E-state index in [4.69, 9.17) is 4.74 Å². The highest BCUT2D eigenvalue weighted by atomic mass is 19.1. The molecule has 1 aliphatic carbocycles. The summed E-state index contributed by atoms with van der Waals surface area (Å²) in [6.45, 7) is 0. The molecule has 0 unspecified atom stereocenters. The van der Waals surface area contributed by atoms with Gasteiger partial charge in [-0.15, -0.1) is 0 Å². The van der Waals surface area contributed by atoms with Crippen molar-refractivity contribution in [1.29, 1.82) is 0 Å². The SMILES string of the molecule is CN(C)C1(Cc2cccc(F)c2)CCC(NC(=O)c2cccnc2Oc2ccccc2)CC1. The molecule has 0 radical (unpaired) electrons. The zero-order valence-electron chi connectivity index (χ0n) is 19.1. The van der Waals surface area contributed by atoms with Crippen molar-refractivity contribution in [2.75, 3.05) is 14.1 Å². The van der Waals surface area contributed by atoms with Crippen LogP contribution in [0.15, 0.2) is 72.9 Å². The Balaban J connectivity index is 1.41. The number of hydrogen-bond donors (Lipinski definition) is 1. The third kappa shape index (κ3) is 5.57. The van der Waals surface area contributed by atoms with Crippen molar-refractivity contribution in [2.45, 2.75) is 43.7 Å². The van der Waals surface area contributed by atoms with Gasteiger partial charge in [-0.25, -0.2) is 9.37 Å². The fourth-order valence-electron chi connectivity index (χ4n) is 4.62. The lowest BCUT2D eigenvalue weighted by Crippen LogP contribution is -2.52. The average Bonchev–Trinajstić information content (AvgIpc) is 2.81. The lowest BCUT2D eigenvalue weighted by molar-refractivity contribution is 0.0767. The van der Waals surface area contributed by atoms with E-state index in [2.05, 4.69) is 29.3 Å². The Hall–Kier alpha value is -3.25. The maximum Gasteiger partial charge on any atom is 0.257 e. The molecule has 5 nitrogen and oxygen atoms in total. The second kappa shape index (κ2) is 10.1. The van der Waals surface area contributed by atoms with Crippen LogP contribution in [-0.2, 0) is 6.42 Å². The molecule has 4 rings (SSSR count). The van der Waals surface area contributed by atoms with Crippen LogP contribution in [0.3, 0.4) is 0 Å². The van der Waals surface area contributed by atoms with Gasteiger partial charge in [-0.1, -0.05) is 30.3 Å². The quantitative estimate of drug-likeness (QED) is 0.539. The van der Waals surface area contributed by atoms with Gasteiger partial charge in [-0.05, 0) is 88.2 Å². The van der Waals surface area contributed by atoms with Crippen LogP contribution >= 0.6 is 0 Å². The number of nitrogens with zero attached hydrogens (tertiary/aromatic N) is 2. The molecular formula is C27H30FN3O2. The number of pyridine rings is 1. The van der Waals surface area contributed by atoms with Gasteiger partial charge in [-0.2, -0.15) is 0 Å². The van der Waals surface area contributed by atoms with E-state index in [1.165, 1.54) is 6.07 Å². The van der Waals surface area contributed by atoms with Gasteiger partial charge in [0.05, 0.1) is 0 Å². The van der Waals surface area contributed by atoms with Gasteiger partial charge in [-0.3, -0.25) is 4.79 Å². The van der Waals surface area contributed by atoms with E-state index in [1.54, 1.807) is 30.5 Å². The highest BCUT2D eigenvalue weighted by Crippen LogP contribution is 2.36. The Morgan fingerprint density at radius 1 is 1.09 bits per heavy atom. The van der Waals surface area contributed by atoms with E-state index in [9.17, 15) is 9.18 Å². The van der Waals surface area contributed by atoms with Gasteiger partial charge in [0, 0.05) is 17.8 Å². The summed E-state index contributed by atoms with van der Waals surface area (Å²) >= 11 is 0. The molecule has 1 saturated carbocycles. The van der Waals surface area contributed by atoms with Crippen LogP contribution in [0.4, 0.5) is 4.39 Å². The molecule has 1 aromatic heterocycles. The Morgan fingerprint density at radius 2 is 1.85 bits per heavy atom. The van der Waals surface area contributed by atoms with Gasteiger partial charge in [0.25, 0.3) is 5.91 Å². The average molecular weight is 448 g/mol. The van der Waals surface area contributed by atoms with Crippen molar-refractivity contribution >= 4 is 5.91 Å². The molecule has 0 saturated heterocycles. The second-order valence-electron chi connectivity index (χ2n) is 8.94. The van der Waals surface area contributed by atoms with E-state index in [0.29, 0.717) is 17.2 Å². The molecule has 33 heavy (non-hydrogen) atoms. The first kappa shape index (κ1) is 22.9. The molecule has 1 heterocycles. The number of benzene rings is 2. The predicted molar refractivity (Wildman–Crippen MR) is 127 cm³/mol. The van der Waals surface area contributed by atoms with Crippen LogP contribution in [0.2, 0.25) is 0 Å². The number of carbonyl (C=O) groups is 1. The topological polar surface area (TPSA) is 54.5 Å². The molecule has 0 aliphatic heterocycles. The highest BCUT2D eigenvalue weighted by Gasteiger charge is 2.38. The number of nitrogens with one attached hydrogen (secondary N) is 1. The number of carbonyl (C=O) groups excluding carboxylic acids is 1. The van der Waals surface area contributed by atoms with Crippen LogP contribution in [0, 0.1) is 5.82 Å². The van der Waals surface area contributed by atoms with Crippen LogP contribution in [0.1, 0.15) is 41.6 Å². The lowest BCUT2D eigenvalue weighted by atomic mass is 9.74. The first-order valence-electron chi connectivity index (χ1n) is 11.4. The number of halogens is 1. The van der Waals surface area contributed by atoms with Crippen LogP contribution in [-0.4, -0.2) is 41.5 Å². The molecule has 1 fully saturated rings. The van der Waals surface area contributed by atoms with Gasteiger partial charge in [0.15, 0.2) is 0 Å². The first-order chi connectivity index (χ1) is 15.9. The van der Waals surface area contributed by atoms with Gasteiger partial charge in [0.2, 0.25) is 5.88 Å². The van der Waals surface area contributed by atoms with Crippen molar-refractivity contribution in [3.63, 3.8) is 0 Å². The normalized spacial score (nSPS) is 20.4. The summed E-state index contributed by atoms with van der Waals surface area (Å²) in [5.74, 6) is 0.552. The number of hydrogen-bond acceptors (Lipinski definition) is 4. The monoisotopic (exact) mass is 447 g/mol. The fourth-order valence-corrected chi connectivity index (χ4v) is 4.62. The van der Waals surface area contributed by atoms with E-state index in [-0.39, 0.29) is 23.3 Å². The second-order valence-corrected chi connectivity index (χ2v) is 8.94. The van der Waals surface area contributed by atoms with Crippen molar-refractivity contribution in [3.8, 4) is 11.6 Å². The Kier molecular flexibility index (Phi) is 7.04. The molecule has 1 N–H and O–H groups in total. The molecular weight excluding hydrogens is 417 g/mol. The maximum absolute atomic E-state index is 13.7. The van der Waals surface area contributed by atoms with Gasteiger partial charge >= 0.3 is 0 Å². The molecule has 0 spiro atoms. The largest absolute Gasteiger partial charge is 0.438 e. The Labute approximate surface area is 194 Å². The Morgan fingerprint density at radius 3 is 2.55 bits per heavy atom. The zero-order chi connectivity index (χ0) is 23.3. The maximum atomic E-state index is 13.7. The third-order valence-corrected chi connectivity index (χ3v) is 6.60. The number of ether oxygens (including phenoxy) is 1. The van der Waals surface area contributed by atoms with Crippen LogP contribution in [0.5, 0.6) is 11.6 Å². The number of para-hydroxylation sites is 1. The summed E-state index contributed by atoms with van der Waals surface area (Å²) in [6.07, 6.45) is 5.95. The van der Waals surface area contributed by atoms with Crippen LogP contribution < -0.4 is 10.1 Å². The number of likely N-dealkylation sites (N-methyl/N-ethyl adjacent to an activating group) is 1. The molecule has 1 aliphatic rings. The van der Waals surface area contributed by atoms with Crippen molar-refractivity contribution in [3.05, 3.63) is 89.9 Å². The summed E-state index contributed by atoms with van der Waals surface area (Å²) < 4.78 is 19.6. The summed E-state index contributed by atoms with van der Waals surface area (Å²) in [4.78, 5) is 19.6. The van der Waals surface area contributed by atoms with Gasteiger partial charge < -0.3 is 15.0 Å². The van der Waals surface area contributed by atoms with E-state index >= 15 is 0 Å².